The van der Waals surface area contributed by atoms with Crippen molar-refractivity contribution in [1.29, 1.82) is 0 Å². The van der Waals surface area contributed by atoms with Gasteiger partial charge in [-0.15, -0.1) is 11.3 Å². The molecule has 4 aliphatic rings. The van der Waals surface area contributed by atoms with Crippen LogP contribution in [0.4, 0.5) is 4.79 Å². The zero-order chi connectivity index (χ0) is 18.5. The van der Waals surface area contributed by atoms with Crippen molar-refractivity contribution in [3.8, 4) is 0 Å². The summed E-state index contributed by atoms with van der Waals surface area (Å²) in [5, 5.41) is 3.14. The monoisotopic (exact) mass is 408 g/mol. The molecule has 3 amide bonds. The number of amides is 3. The van der Waals surface area contributed by atoms with Crippen LogP contribution in [-0.4, -0.2) is 77.0 Å². The lowest BCUT2D eigenvalue weighted by Crippen LogP contribution is -2.48. The summed E-state index contributed by atoms with van der Waals surface area (Å²) in [6.45, 7) is 3.70. The van der Waals surface area contributed by atoms with E-state index >= 15 is 0 Å². The van der Waals surface area contributed by atoms with Gasteiger partial charge in [0.2, 0.25) is 0 Å². The molecule has 1 N–H and O–H groups in total. The third kappa shape index (κ3) is 3.34. The molecule has 27 heavy (non-hydrogen) atoms. The van der Waals surface area contributed by atoms with Gasteiger partial charge in [0.1, 0.15) is 0 Å². The number of nitrogens with one attached hydrogen (secondary N) is 1. The van der Waals surface area contributed by atoms with E-state index in [0.29, 0.717) is 15.3 Å². The van der Waals surface area contributed by atoms with Crippen LogP contribution in [0, 0.1) is 0 Å². The molecule has 3 saturated heterocycles. The number of carbonyl (C=O) groups excluding carboxylic acids is 2. The number of carbonyl (C=O) groups is 2. The van der Waals surface area contributed by atoms with Gasteiger partial charge in [-0.1, -0.05) is 11.6 Å². The zero-order valence-corrected chi connectivity index (χ0v) is 16.8. The van der Waals surface area contributed by atoms with Gasteiger partial charge in [0, 0.05) is 38.3 Å². The fourth-order valence-electron chi connectivity index (χ4n) is 4.91. The second-order valence-electron chi connectivity index (χ2n) is 8.17. The van der Waals surface area contributed by atoms with Crippen LogP contribution in [-0.2, 0) is 0 Å². The molecule has 2 atom stereocenters. The summed E-state index contributed by atoms with van der Waals surface area (Å²) in [6.07, 6.45) is 5.68. The predicted octanol–water partition coefficient (Wildman–Crippen LogP) is 2.64. The van der Waals surface area contributed by atoms with Crippen molar-refractivity contribution in [2.24, 2.45) is 0 Å². The number of piperidine rings is 1. The van der Waals surface area contributed by atoms with Gasteiger partial charge in [0.05, 0.1) is 21.3 Å². The number of rotatable bonds is 4. The Kier molecular flexibility index (Phi) is 4.57. The van der Waals surface area contributed by atoms with Crippen molar-refractivity contribution in [1.82, 2.24) is 20.0 Å². The van der Waals surface area contributed by atoms with Gasteiger partial charge in [-0.2, -0.15) is 0 Å². The highest BCUT2D eigenvalue weighted by Crippen LogP contribution is 2.34. The fraction of sp³-hybridized carbons (Fsp3) is 0.684. The van der Waals surface area contributed by atoms with Crippen LogP contribution in [0.25, 0.3) is 0 Å². The number of nitrogens with zero attached hydrogens (tertiary/aromatic N) is 3. The summed E-state index contributed by atoms with van der Waals surface area (Å²) in [6, 6.07) is 4.96. The van der Waals surface area contributed by atoms with E-state index in [4.69, 9.17) is 11.6 Å². The van der Waals surface area contributed by atoms with Gasteiger partial charge in [-0.25, -0.2) is 4.79 Å². The van der Waals surface area contributed by atoms with Gasteiger partial charge in [0.25, 0.3) is 5.91 Å². The zero-order valence-electron chi connectivity index (χ0n) is 15.3. The second kappa shape index (κ2) is 6.94. The molecule has 0 unspecified atom stereocenters. The molecule has 3 aliphatic heterocycles. The molecule has 1 saturated carbocycles. The summed E-state index contributed by atoms with van der Waals surface area (Å²) in [4.78, 5) is 32.7. The molecule has 1 aromatic heterocycles. The Hall–Kier alpha value is -1.31. The van der Waals surface area contributed by atoms with Crippen LogP contribution in [0.5, 0.6) is 0 Å². The fourth-order valence-corrected chi connectivity index (χ4v) is 5.86. The molecular weight excluding hydrogens is 384 g/mol. The van der Waals surface area contributed by atoms with E-state index in [1.165, 1.54) is 24.2 Å². The highest BCUT2D eigenvalue weighted by Gasteiger charge is 2.48. The molecule has 4 heterocycles. The second-order valence-corrected chi connectivity index (χ2v) is 9.88. The largest absolute Gasteiger partial charge is 0.346 e. The van der Waals surface area contributed by atoms with Crippen molar-refractivity contribution < 1.29 is 9.59 Å². The van der Waals surface area contributed by atoms with Gasteiger partial charge in [-0.05, 0) is 44.2 Å². The lowest BCUT2D eigenvalue weighted by Gasteiger charge is -2.36. The molecule has 8 heteroatoms. The van der Waals surface area contributed by atoms with E-state index in [9.17, 15) is 9.59 Å². The van der Waals surface area contributed by atoms with Gasteiger partial charge in [0.15, 0.2) is 0 Å². The Morgan fingerprint density at radius 1 is 1.04 bits per heavy atom. The van der Waals surface area contributed by atoms with Crippen LogP contribution in [0.15, 0.2) is 12.1 Å². The Balaban J connectivity index is 1.21. The molecule has 146 valence electrons. The van der Waals surface area contributed by atoms with Gasteiger partial charge >= 0.3 is 6.03 Å². The maximum atomic E-state index is 12.9. The van der Waals surface area contributed by atoms with E-state index in [0.717, 1.165) is 51.5 Å². The van der Waals surface area contributed by atoms with Gasteiger partial charge < -0.3 is 20.0 Å². The van der Waals surface area contributed by atoms with E-state index in [1.807, 2.05) is 4.90 Å². The molecule has 0 bridgehead atoms. The summed E-state index contributed by atoms with van der Waals surface area (Å²) >= 11 is 7.24. The number of thiophene rings is 1. The number of urea groups is 1. The summed E-state index contributed by atoms with van der Waals surface area (Å²) in [5.41, 5.74) is 0. The standard InChI is InChI=1S/C19H25ClN4O2S/c20-17-4-3-16(27-17)18(25)21-14-7-10-23-15(14)11-24(19(23)26)13-5-8-22(9-6-13)12-1-2-12/h3-4,12-15H,1-2,5-11H2,(H,21,25)/t14-,15-/m1/s1. The highest BCUT2D eigenvalue weighted by atomic mass is 35.5. The number of hydrogen-bond donors (Lipinski definition) is 1. The minimum atomic E-state index is -0.0811. The first-order valence-electron chi connectivity index (χ1n) is 9.97. The molecule has 5 rings (SSSR count). The molecule has 6 nitrogen and oxygen atoms in total. The lowest BCUT2D eigenvalue weighted by atomic mass is 10.0. The average molecular weight is 409 g/mol. The molecule has 0 spiro atoms. The number of halogens is 1. The number of fused-ring (bicyclic) bond motifs is 1. The van der Waals surface area contributed by atoms with Crippen LogP contribution < -0.4 is 5.32 Å². The van der Waals surface area contributed by atoms with Crippen molar-refractivity contribution >= 4 is 34.9 Å². The molecule has 1 aliphatic carbocycles. The van der Waals surface area contributed by atoms with Crippen molar-refractivity contribution in [3.05, 3.63) is 21.3 Å². The first kappa shape index (κ1) is 17.8. The Morgan fingerprint density at radius 2 is 1.81 bits per heavy atom. The van der Waals surface area contributed by atoms with E-state index in [-0.39, 0.29) is 24.0 Å². The number of likely N-dealkylation sites (tertiary alicyclic amines) is 1. The minimum absolute atomic E-state index is 0.0267. The van der Waals surface area contributed by atoms with E-state index in [1.54, 1.807) is 12.1 Å². The third-order valence-electron chi connectivity index (χ3n) is 6.54. The Bertz CT molecular complexity index is 744. The van der Waals surface area contributed by atoms with Crippen molar-refractivity contribution in [2.45, 2.75) is 56.3 Å². The van der Waals surface area contributed by atoms with E-state index in [2.05, 4.69) is 15.1 Å². The smallest absolute Gasteiger partial charge is 0.320 e. The van der Waals surface area contributed by atoms with Crippen molar-refractivity contribution in [2.75, 3.05) is 26.2 Å². The first-order chi connectivity index (χ1) is 13.1. The lowest BCUT2D eigenvalue weighted by molar-refractivity contribution is 0.0933. The summed E-state index contributed by atoms with van der Waals surface area (Å²) < 4.78 is 0.618. The highest BCUT2D eigenvalue weighted by molar-refractivity contribution is 7.18. The topological polar surface area (TPSA) is 55.9 Å². The van der Waals surface area contributed by atoms with Crippen LogP contribution in [0.3, 0.4) is 0 Å². The predicted molar refractivity (Wildman–Crippen MR) is 105 cm³/mol. The molecule has 0 radical (unpaired) electrons. The van der Waals surface area contributed by atoms with E-state index < -0.39 is 0 Å². The average Bonchev–Trinajstić information content (AvgIpc) is 3.18. The molecule has 0 aromatic carbocycles. The van der Waals surface area contributed by atoms with Crippen LogP contribution in [0.2, 0.25) is 4.34 Å². The van der Waals surface area contributed by atoms with Gasteiger partial charge in [-0.3, -0.25) is 4.79 Å². The quantitative estimate of drug-likeness (QED) is 0.833. The Morgan fingerprint density at radius 3 is 2.48 bits per heavy atom. The molecular formula is C19H25ClN4O2S. The summed E-state index contributed by atoms with van der Waals surface area (Å²) in [7, 11) is 0. The van der Waals surface area contributed by atoms with Crippen LogP contribution in [0.1, 0.15) is 41.8 Å². The maximum Gasteiger partial charge on any atom is 0.320 e. The minimum Gasteiger partial charge on any atom is -0.346 e. The maximum absolute atomic E-state index is 12.9. The Labute approximate surface area is 168 Å². The third-order valence-corrected chi connectivity index (χ3v) is 7.77. The molecule has 1 aromatic rings. The van der Waals surface area contributed by atoms with Crippen molar-refractivity contribution in [3.63, 3.8) is 0 Å². The SMILES string of the molecule is O=C(N[C@@H]1CCN2C(=O)N(C3CCN(C4CC4)CC3)C[C@H]12)c1ccc(Cl)s1. The summed E-state index contributed by atoms with van der Waals surface area (Å²) in [5.74, 6) is -0.0811. The first-order valence-corrected chi connectivity index (χ1v) is 11.2. The normalized spacial score (nSPS) is 29.4. The molecule has 4 fully saturated rings. The van der Waals surface area contributed by atoms with Crippen LogP contribution >= 0.6 is 22.9 Å². The number of hydrogen-bond acceptors (Lipinski definition) is 4.